The lowest BCUT2D eigenvalue weighted by Crippen LogP contribution is -2.47. The maximum Gasteiger partial charge on any atom is 0.324 e. The van der Waals surface area contributed by atoms with Gasteiger partial charge in [-0.15, -0.1) is 0 Å². The van der Waals surface area contributed by atoms with E-state index in [9.17, 15) is 18.3 Å². The van der Waals surface area contributed by atoms with E-state index in [0.717, 1.165) is 0 Å². The molecule has 2 atom stereocenters. The number of aliphatic carboxylic acids is 1. The van der Waals surface area contributed by atoms with Crippen molar-refractivity contribution in [2.45, 2.75) is 37.6 Å². The maximum absolute atomic E-state index is 11.8. The van der Waals surface area contributed by atoms with E-state index in [4.69, 9.17) is 5.11 Å². The Morgan fingerprint density at radius 2 is 2.22 bits per heavy atom. The fourth-order valence-corrected chi connectivity index (χ4v) is 2.45. The molecule has 0 bridgehead atoms. The Morgan fingerprint density at radius 1 is 1.61 bits per heavy atom. The zero-order chi connectivity index (χ0) is 13.9. The summed E-state index contributed by atoms with van der Waals surface area (Å²) in [4.78, 5) is 14.5. The number of nitrogens with one attached hydrogen (secondary N) is 1. The van der Waals surface area contributed by atoms with E-state index < -0.39 is 28.1 Å². The Kier molecular flexibility index (Phi) is 4.43. The van der Waals surface area contributed by atoms with Crippen molar-refractivity contribution in [3.05, 3.63) is 12.5 Å². The molecule has 102 valence electrons. The van der Waals surface area contributed by atoms with Crippen molar-refractivity contribution < 1.29 is 23.4 Å². The molecule has 0 aliphatic heterocycles. The van der Waals surface area contributed by atoms with Gasteiger partial charge in [0.15, 0.2) is 5.03 Å². The number of carbonyl (C=O) groups is 1. The monoisotopic (exact) mass is 277 g/mol. The number of carboxylic acids is 1. The Balaban J connectivity index is 2.96. The standard InChI is InChI=1S/C9H15N3O5S/c1-3-12-4-7(10-5-12)18(16,17)11-8(6(2)13)9(14)15/h4-6,8,11,13H,3H2,1-2H3,(H,14,15). The van der Waals surface area contributed by atoms with Crippen LogP contribution in [0.2, 0.25) is 0 Å². The Hall–Kier alpha value is -1.45. The van der Waals surface area contributed by atoms with Gasteiger partial charge >= 0.3 is 5.97 Å². The predicted molar refractivity (Wildman–Crippen MR) is 61.3 cm³/mol. The molecule has 0 radical (unpaired) electrons. The molecule has 9 heteroatoms. The number of nitrogens with zero attached hydrogens (tertiary/aromatic N) is 2. The third-order valence-electron chi connectivity index (χ3n) is 2.28. The first-order chi connectivity index (χ1) is 8.27. The van der Waals surface area contributed by atoms with Crippen LogP contribution in [0.15, 0.2) is 17.6 Å². The highest BCUT2D eigenvalue weighted by Gasteiger charge is 2.30. The summed E-state index contributed by atoms with van der Waals surface area (Å²) < 4.78 is 27.1. The van der Waals surface area contributed by atoms with Crippen molar-refractivity contribution in [2.24, 2.45) is 0 Å². The van der Waals surface area contributed by atoms with Crippen LogP contribution in [-0.2, 0) is 21.4 Å². The summed E-state index contributed by atoms with van der Waals surface area (Å²) in [6.07, 6.45) is 1.25. The van der Waals surface area contributed by atoms with Crippen molar-refractivity contribution in [1.82, 2.24) is 14.3 Å². The number of aryl methyl sites for hydroxylation is 1. The number of aromatic nitrogens is 2. The van der Waals surface area contributed by atoms with Crippen LogP contribution in [0.3, 0.4) is 0 Å². The molecule has 1 aromatic heterocycles. The summed E-state index contributed by atoms with van der Waals surface area (Å²) in [7, 11) is -4.06. The van der Waals surface area contributed by atoms with Crippen LogP contribution < -0.4 is 4.72 Å². The van der Waals surface area contributed by atoms with Crippen LogP contribution in [0.1, 0.15) is 13.8 Å². The molecular weight excluding hydrogens is 262 g/mol. The van der Waals surface area contributed by atoms with Gasteiger partial charge in [0.2, 0.25) is 0 Å². The van der Waals surface area contributed by atoms with Crippen LogP contribution in [0.4, 0.5) is 0 Å². The molecule has 1 heterocycles. The highest BCUT2D eigenvalue weighted by molar-refractivity contribution is 7.89. The average Bonchev–Trinajstić information content (AvgIpc) is 2.74. The van der Waals surface area contributed by atoms with Crippen LogP contribution in [0.25, 0.3) is 0 Å². The van der Waals surface area contributed by atoms with E-state index >= 15 is 0 Å². The second-order valence-electron chi connectivity index (χ2n) is 3.72. The van der Waals surface area contributed by atoms with Gasteiger partial charge in [-0.3, -0.25) is 4.79 Å². The zero-order valence-corrected chi connectivity index (χ0v) is 10.8. The van der Waals surface area contributed by atoms with E-state index in [1.165, 1.54) is 24.0 Å². The molecule has 0 saturated carbocycles. The van der Waals surface area contributed by atoms with Gasteiger partial charge in [-0.25, -0.2) is 13.4 Å². The van der Waals surface area contributed by atoms with Gasteiger partial charge in [-0.2, -0.15) is 4.72 Å². The predicted octanol–water partition coefficient (Wildman–Crippen LogP) is -0.985. The third-order valence-corrected chi connectivity index (χ3v) is 3.61. The Labute approximate surface area is 104 Å². The van der Waals surface area contributed by atoms with E-state index in [1.807, 2.05) is 4.72 Å². The lowest BCUT2D eigenvalue weighted by atomic mass is 10.2. The molecule has 0 saturated heterocycles. The van der Waals surface area contributed by atoms with Crippen molar-refractivity contribution in [1.29, 1.82) is 0 Å². The fraction of sp³-hybridized carbons (Fsp3) is 0.556. The normalized spacial score (nSPS) is 15.3. The van der Waals surface area contributed by atoms with E-state index in [-0.39, 0.29) is 5.03 Å². The highest BCUT2D eigenvalue weighted by Crippen LogP contribution is 2.07. The second-order valence-corrected chi connectivity index (χ2v) is 5.38. The van der Waals surface area contributed by atoms with Crippen molar-refractivity contribution >= 4 is 16.0 Å². The first kappa shape index (κ1) is 14.6. The quantitative estimate of drug-likeness (QED) is 0.614. The average molecular weight is 277 g/mol. The molecule has 1 aromatic rings. The number of hydrogen-bond acceptors (Lipinski definition) is 5. The largest absolute Gasteiger partial charge is 0.480 e. The molecule has 0 spiro atoms. The molecule has 3 N–H and O–H groups in total. The summed E-state index contributed by atoms with van der Waals surface area (Å²) in [5, 5.41) is 17.7. The van der Waals surface area contributed by atoms with Crippen LogP contribution >= 0.6 is 0 Å². The minimum atomic E-state index is -4.06. The number of hydrogen-bond donors (Lipinski definition) is 3. The van der Waals surface area contributed by atoms with Gasteiger partial charge in [-0.05, 0) is 13.8 Å². The minimum Gasteiger partial charge on any atom is -0.480 e. The van der Waals surface area contributed by atoms with Gasteiger partial charge in [-0.1, -0.05) is 0 Å². The Morgan fingerprint density at radius 3 is 2.61 bits per heavy atom. The van der Waals surface area contributed by atoms with Crippen LogP contribution in [-0.4, -0.2) is 46.3 Å². The molecule has 18 heavy (non-hydrogen) atoms. The molecule has 8 nitrogen and oxygen atoms in total. The van der Waals surface area contributed by atoms with E-state index in [0.29, 0.717) is 6.54 Å². The summed E-state index contributed by atoms with van der Waals surface area (Å²) in [6, 6.07) is -1.61. The zero-order valence-electron chi connectivity index (χ0n) is 9.94. The Bertz CT molecular complexity index is 522. The van der Waals surface area contributed by atoms with Gasteiger partial charge in [0.1, 0.15) is 6.04 Å². The lowest BCUT2D eigenvalue weighted by Gasteiger charge is -2.15. The second kappa shape index (κ2) is 5.46. The third kappa shape index (κ3) is 3.28. The van der Waals surface area contributed by atoms with Gasteiger partial charge in [0, 0.05) is 12.7 Å². The number of imidazole rings is 1. The lowest BCUT2D eigenvalue weighted by molar-refractivity contribution is -0.141. The first-order valence-corrected chi connectivity index (χ1v) is 6.71. The molecule has 0 aromatic carbocycles. The number of aliphatic hydroxyl groups is 1. The van der Waals surface area contributed by atoms with Gasteiger partial charge in [0.05, 0.1) is 12.4 Å². The SMILES string of the molecule is CCn1cnc(S(=O)(=O)NC(C(=O)O)C(C)O)c1. The van der Waals surface area contributed by atoms with Crippen LogP contribution in [0.5, 0.6) is 0 Å². The summed E-state index contributed by atoms with van der Waals surface area (Å²) in [5.74, 6) is -1.46. The summed E-state index contributed by atoms with van der Waals surface area (Å²) in [6.45, 7) is 3.54. The van der Waals surface area contributed by atoms with Crippen molar-refractivity contribution in [3.63, 3.8) is 0 Å². The molecule has 0 aliphatic rings. The molecule has 1 rings (SSSR count). The molecule has 0 fully saturated rings. The number of sulfonamides is 1. The molecule has 2 unspecified atom stereocenters. The molecular formula is C9H15N3O5S. The van der Waals surface area contributed by atoms with Crippen molar-refractivity contribution in [3.8, 4) is 0 Å². The maximum atomic E-state index is 11.8. The van der Waals surface area contributed by atoms with Gasteiger partial charge in [0.25, 0.3) is 10.0 Å². The van der Waals surface area contributed by atoms with Crippen LogP contribution in [0, 0.1) is 0 Å². The fourth-order valence-electron chi connectivity index (χ4n) is 1.23. The smallest absolute Gasteiger partial charge is 0.324 e. The van der Waals surface area contributed by atoms with Crippen molar-refractivity contribution in [2.75, 3.05) is 0 Å². The summed E-state index contributed by atoms with van der Waals surface area (Å²) >= 11 is 0. The molecule has 0 amide bonds. The number of rotatable bonds is 6. The van der Waals surface area contributed by atoms with E-state index in [1.54, 1.807) is 6.92 Å². The van der Waals surface area contributed by atoms with E-state index in [2.05, 4.69) is 4.98 Å². The highest BCUT2D eigenvalue weighted by atomic mass is 32.2. The molecule has 0 aliphatic carbocycles. The summed E-state index contributed by atoms with van der Waals surface area (Å²) in [5.41, 5.74) is 0. The first-order valence-electron chi connectivity index (χ1n) is 5.23. The van der Waals surface area contributed by atoms with Gasteiger partial charge < -0.3 is 14.8 Å². The minimum absolute atomic E-state index is 0.281. The number of aliphatic hydroxyl groups excluding tert-OH is 1. The number of carboxylic acid groups (broad SMARTS) is 1. The topological polar surface area (TPSA) is 122 Å².